The molecular weight excluding hydrogens is 554 g/mol. The number of fused-ring (bicyclic) bond motifs is 1. The molecule has 210 valence electrons. The lowest BCUT2D eigenvalue weighted by molar-refractivity contribution is -0.141. The number of methoxy groups -OCH3 is 1. The van der Waals surface area contributed by atoms with Crippen LogP contribution in [-0.4, -0.2) is 68.3 Å². The van der Waals surface area contributed by atoms with E-state index in [0.717, 1.165) is 12.8 Å². The van der Waals surface area contributed by atoms with Gasteiger partial charge in [0.2, 0.25) is 11.8 Å². The molecule has 2 atom stereocenters. The Labute approximate surface area is 236 Å². The first kappa shape index (κ1) is 27.8. The molecule has 2 aromatic carbocycles. The van der Waals surface area contributed by atoms with Crippen LogP contribution < -0.4 is 10.1 Å². The zero-order valence-corrected chi connectivity index (χ0v) is 23.4. The van der Waals surface area contributed by atoms with Gasteiger partial charge in [-0.1, -0.05) is 30.3 Å². The number of sulfonamides is 1. The second-order valence-corrected chi connectivity index (χ2v) is 12.3. The fraction of sp³-hybridized carbons (Fsp3) is 0.321. The monoisotopic (exact) mass is 583 g/mol. The van der Waals surface area contributed by atoms with E-state index < -0.39 is 40.3 Å². The number of hydrogen-bond acceptors (Lipinski definition) is 8. The van der Waals surface area contributed by atoms with Crippen molar-refractivity contribution in [2.24, 2.45) is 0 Å². The highest BCUT2D eigenvalue weighted by Gasteiger charge is 2.43. The fourth-order valence-electron chi connectivity index (χ4n) is 4.84. The summed E-state index contributed by atoms with van der Waals surface area (Å²) in [5, 5.41) is 4.72. The molecule has 40 heavy (non-hydrogen) atoms. The van der Waals surface area contributed by atoms with Gasteiger partial charge in [-0.05, 0) is 54.1 Å². The number of carbonyl (C=O) groups is 3. The van der Waals surface area contributed by atoms with E-state index in [1.807, 2.05) is 0 Å². The van der Waals surface area contributed by atoms with E-state index in [4.69, 9.17) is 9.47 Å². The molecule has 1 fully saturated rings. The van der Waals surface area contributed by atoms with Crippen LogP contribution in [0.15, 0.2) is 70.9 Å². The number of nitrogens with zero attached hydrogens (tertiary/aromatic N) is 2. The van der Waals surface area contributed by atoms with Crippen LogP contribution in [0, 0.1) is 0 Å². The zero-order valence-electron chi connectivity index (χ0n) is 21.8. The lowest BCUT2D eigenvalue weighted by Crippen LogP contribution is -2.48. The van der Waals surface area contributed by atoms with Gasteiger partial charge in [-0.2, -0.15) is 0 Å². The standard InChI is InChI=1S/C28H29N3O7S2/c1-37-20-12-10-19(11-13-20)17-30(25(32)18-31-28(34)22-7-2-3-9-24(22)40(31,35)36)26(23-8-5-15-39-23)27(33)29-16-21-6-4-14-38-21/h2-3,5,7-13,15,21,26H,4,6,14,16-18H2,1H3,(H,29,33). The molecule has 10 nitrogen and oxygen atoms in total. The second kappa shape index (κ2) is 11.8. The van der Waals surface area contributed by atoms with Crippen LogP contribution >= 0.6 is 11.3 Å². The van der Waals surface area contributed by atoms with E-state index in [9.17, 15) is 22.8 Å². The topological polar surface area (TPSA) is 122 Å². The minimum Gasteiger partial charge on any atom is -0.497 e. The Kier molecular flexibility index (Phi) is 8.19. The van der Waals surface area contributed by atoms with E-state index in [1.165, 1.54) is 34.4 Å². The highest BCUT2D eigenvalue weighted by Crippen LogP contribution is 2.32. The maximum atomic E-state index is 14.0. The normalized spacial score (nSPS) is 18.3. The van der Waals surface area contributed by atoms with Crippen LogP contribution in [0.1, 0.15) is 39.7 Å². The first-order valence-electron chi connectivity index (χ1n) is 12.8. The van der Waals surface area contributed by atoms with E-state index in [0.29, 0.717) is 33.6 Å². The third-order valence-corrected chi connectivity index (χ3v) is 9.64. The largest absolute Gasteiger partial charge is 0.497 e. The SMILES string of the molecule is COc1ccc(CN(C(=O)CN2C(=O)c3ccccc3S2(=O)=O)C(C(=O)NCC2CCCO2)c2cccs2)cc1. The molecule has 1 N–H and O–H groups in total. The smallest absolute Gasteiger partial charge is 0.269 e. The van der Waals surface area contributed by atoms with Crippen molar-refractivity contribution in [2.45, 2.75) is 36.4 Å². The van der Waals surface area contributed by atoms with Crippen LogP contribution in [0.25, 0.3) is 0 Å². The van der Waals surface area contributed by atoms with E-state index >= 15 is 0 Å². The molecule has 3 aromatic rings. The molecule has 0 radical (unpaired) electrons. The summed E-state index contributed by atoms with van der Waals surface area (Å²) in [5.41, 5.74) is 0.711. The summed E-state index contributed by atoms with van der Waals surface area (Å²) in [4.78, 5) is 42.5. The van der Waals surface area contributed by atoms with Gasteiger partial charge in [0, 0.05) is 24.6 Å². The second-order valence-electron chi connectivity index (χ2n) is 9.48. The number of amides is 3. The van der Waals surface area contributed by atoms with Crippen molar-refractivity contribution in [1.82, 2.24) is 14.5 Å². The first-order valence-corrected chi connectivity index (χ1v) is 15.1. The molecule has 0 aliphatic carbocycles. The molecule has 3 amide bonds. The molecular formula is C28H29N3O7S2. The summed E-state index contributed by atoms with van der Waals surface area (Å²) in [6.07, 6.45) is 1.63. The minimum atomic E-state index is -4.22. The summed E-state index contributed by atoms with van der Waals surface area (Å²) in [5.74, 6) is -1.26. The highest BCUT2D eigenvalue weighted by molar-refractivity contribution is 7.90. The average molecular weight is 584 g/mol. The number of rotatable bonds is 10. The molecule has 2 aliphatic heterocycles. The molecule has 0 spiro atoms. The van der Waals surface area contributed by atoms with Crippen LogP contribution in [-0.2, 0) is 30.9 Å². The van der Waals surface area contributed by atoms with E-state index in [2.05, 4.69) is 5.32 Å². The van der Waals surface area contributed by atoms with Gasteiger partial charge in [0.25, 0.3) is 15.9 Å². The van der Waals surface area contributed by atoms with Crippen molar-refractivity contribution in [1.29, 1.82) is 0 Å². The van der Waals surface area contributed by atoms with Crippen molar-refractivity contribution in [2.75, 3.05) is 26.8 Å². The number of thiophene rings is 1. The molecule has 2 aliphatic rings. The molecule has 5 rings (SSSR count). The third kappa shape index (κ3) is 5.60. The molecule has 1 aromatic heterocycles. The van der Waals surface area contributed by atoms with Crippen molar-refractivity contribution in [3.05, 3.63) is 82.0 Å². The quantitative estimate of drug-likeness (QED) is 0.389. The predicted molar refractivity (Wildman–Crippen MR) is 147 cm³/mol. The number of benzene rings is 2. The van der Waals surface area contributed by atoms with Crippen LogP contribution in [0.3, 0.4) is 0 Å². The van der Waals surface area contributed by atoms with Crippen molar-refractivity contribution in [3.8, 4) is 5.75 Å². The number of carbonyl (C=O) groups excluding carboxylic acids is 3. The van der Waals surface area contributed by atoms with Gasteiger partial charge in [0.1, 0.15) is 23.2 Å². The summed E-state index contributed by atoms with van der Waals surface area (Å²) in [6, 6.07) is 15.3. The molecule has 3 heterocycles. The lowest BCUT2D eigenvalue weighted by Gasteiger charge is -2.32. The van der Waals surface area contributed by atoms with Gasteiger partial charge in [-0.3, -0.25) is 14.4 Å². The third-order valence-electron chi connectivity index (χ3n) is 6.92. The minimum absolute atomic E-state index is 0.00618. The van der Waals surface area contributed by atoms with Gasteiger partial charge in [0.15, 0.2) is 0 Å². The Hall–Kier alpha value is -3.74. The first-order chi connectivity index (χ1) is 19.3. The van der Waals surface area contributed by atoms with Gasteiger partial charge in [-0.25, -0.2) is 12.7 Å². The number of ether oxygens (including phenoxy) is 2. The van der Waals surface area contributed by atoms with Gasteiger partial charge in [-0.15, -0.1) is 11.3 Å². The zero-order chi connectivity index (χ0) is 28.3. The maximum absolute atomic E-state index is 14.0. The summed E-state index contributed by atoms with van der Waals surface area (Å²) in [7, 11) is -2.68. The summed E-state index contributed by atoms with van der Waals surface area (Å²) in [6.45, 7) is 0.179. The molecule has 12 heteroatoms. The van der Waals surface area contributed by atoms with Crippen LogP contribution in [0.5, 0.6) is 5.75 Å². The molecule has 0 saturated carbocycles. The van der Waals surface area contributed by atoms with Crippen molar-refractivity contribution in [3.63, 3.8) is 0 Å². The van der Waals surface area contributed by atoms with E-state index in [-0.39, 0.29) is 23.1 Å². The van der Waals surface area contributed by atoms with Crippen molar-refractivity contribution >= 4 is 39.1 Å². The summed E-state index contributed by atoms with van der Waals surface area (Å²) >= 11 is 1.31. The number of hydrogen-bond donors (Lipinski definition) is 1. The Bertz CT molecular complexity index is 1480. The van der Waals surface area contributed by atoms with Gasteiger partial charge >= 0.3 is 0 Å². The van der Waals surface area contributed by atoms with Gasteiger partial charge < -0.3 is 19.7 Å². The molecule has 2 unspecified atom stereocenters. The fourth-order valence-corrected chi connectivity index (χ4v) is 7.19. The molecule has 1 saturated heterocycles. The lowest BCUT2D eigenvalue weighted by atomic mass is 10.1. The predicted octanol–water partition coefficient (Wildman–Crippen LogP) is 2.97. The average Bonchev–Trinajstić information content (AvgIpc) is 3.72. The Morgan fingerprint density at radius 1 is 1.15 bits per heavy atom. The Morgan fingerprint density at radius 2 is 1.93 bits per heavy atom. The Balaban J connectivity index is 1.47. The van der Waals surface area contributed by atoms with Gasteiger partial charge in [0.05, 0.1) is 18.8 Å². The number of nitrogens with one attached hydrogen (secondary N) is 1. The molecule has 0 bridgehead atoms. The van der Waals surface area contributed by atoms with E-state index in [1.54, 1.807) is 55.0 Å². The van der Waals surface area contributed by atoms with Crippen LogP contribution in [0.2, 0.25) is 0 Å². The summed E-state index contributed by atoms with van der Waals surface area (Å²) < 4.78 is 37.8. The highest BCUT2D eigenvalue weighted by atomic mass is 32.2. The van der Waals surface area contributed by atoms with Crippen LogP contribution in [0.4, 0.5) is 0 Å². The maximum Gasteiger partial charge on any atom is 0.269 e. The van der Waals surface area contributed by atoms with Crippen molar-refractivity contribution < 1.29 is 32.3 Å². The Morgan fingerprint density at radius 3 is 2.58 bits per heavy atom.